The fourth-order valence-electron chi connectivity index (χ4n) is 2.48. The summed E-state index contributed by atoms with van der Waals surface area (Å²) >= 11 is 5.51. The fourth-order valence-corrected chi connectivity index (χ4v) is 2.52. The highest BCUT2D eigenvalue weighted by Gasteiger charge is 2.14. The van der Waals surface area contributed by atoms with Gasteiger partial charge in [0.1, 0.15) is 5.75 Å². The number of carbonyl (C=O) groups is 1. The minimum absolute atomic E-state index is 0.452. The minimum atomic E-state index is -0.600. The molecule has 0 saturated carbocycles. The number of rotatable bonds is 11. The van der Waals surface area contributed by atoms with E-state index in [9.17, 15) is 4.79 Å². The summed E-state index contributed by atoms with van der Waals surface area (Å²) in [5.41, 5.74) is 2.56. The van der Waals surface area contributed by atoms with Crippen LogP contribution in [0.15, 0.2) is 18.2 Å². The van der Waals surface area contributed by atoms with Crippen LogP contribution in [-0.4, -0.2) is 11.3 Å². The van der Waals surface area contributed by atoms with E-state index in [-0.39, 0.29) is 0 Å². The highest BCUT2D eigenvalue weighted by Crippen LogP contribution is 2.25. The number of hydrogen-bond donors (Lipinski definition) is 0. The van der Waals surface area contributed by atoms with Gasteiger partial charge in [0.25, 0.3) is 5.24 Å². The van der Waals surface area contributed by atoms with Crippen molar-refractivity contribution in [1.29, 1.82) is 0 Å². The molecule has 0 aliphatic heterocycles. The van der Waals surface area contributed by atoms with Gasteiger partial charge in [-0.15, -0.1) is 0 Å². The van der Waals surface area contributed by atoms with Crippen LogP contribution >= 0.6 is 11.6 Å². The summed E-state index contributed by atoms with van der Waals surface area (Å²) in [6.07, 6.45) is 8.79. The Morgan fingerprint density at radius 3 is 2.32 bits per heavy atom. The highest BCUT2D eigenvalue weighted by molar-refractivity contribution is 6.64. The van der Waals surface area contributed by atoms with E-state index in [1.807, 2.05) is 6.07 Å². The lowest BCUT2D eigenvalue weighted by Crippen LogP contribution is -2.19. The summed E-state index contributed by atoms with van der Waals surface area (Å²) in [7, 11) is 0. The van der Waals surface area contributed by atoms with Gasteiger partial charge in [0, 0.05) is 0 Å². The maximum Gasteiger partial charge on any atom is 0.262 e. The molecule has 1 unspecified atom stereocenters. The van der Waals surface area contributed by atoms with Crippen LogP contribution < -0.4 is 4.74 Å². The lowest BCUT2D eigenvalue weighted by atomic mass is 10.00. The van der Waals surface area contributed by atoms with E-state index >= 15 is 0 Å². The molecule has 1 aromatic rings. The van der Waals surface area contributed by atoms with E-state index in [0.717, 1.165) is 25.0 Å². The van der Waals surface area contributed by atoms with Crippen LogP contribution in [0.2, 0.25) is 0 Å². The third-order valence-electron chi connectivity index (χ3n) is 3.87. The number of aryl methyl sites for hydroxylation is 2. The zero-order valence-electron chi connectivity index (χ0n) is 14.2. The van der Waals surface area contributed by atoms with Gasteiger partial charge in [-0.05, 0) is 61.4 Å². The predicted octanol–water partition coefficient (Wildman–Crippen LogP) is 5.68. The van der Waals surface area contributed by atoms with Gasteiger partial charge in [-0.2, -0.15) is 0 Å². The molecular weight excluding hydrogens is 296 g/mol. The Bertz CT molecular complexity index is 457. The topological polar surface area (TPSA) is 26.3 Å². The van der Waals surface area contributed by atoms with Crippen LogP contribution in [0.4, 0.5) is 0 Å². The van der Waals surface area contributed by atoms with Crippen molar-refractivity contribution in [3.8, 4) is 5.75 Å². The lowest BCUT2D eigenvalue weighted by Gasteiger charge is -2.16. The highest BCUT2D eigenvalue weighted by atomic mass is 35.5. The number of hydrogen-bond acceptors (Lipinski definition) is 2. The van der Waals surface area contributed by atoms with Crippen LogP contribution in [-0.2, 0) is 17.6 Å². The van der Waals surface area contributed by atoms with Crippen LogP contribution in [0.25, 0.3) is 0 Å². The monoisotopic (exact) mass is 324 g/mol. The maximum absolute atomic E-state index is 11.2. The van der Waals surface area contributed by atoms with Gasteiger partial charge < -0.3 is 4.74 Å². The predicted molar refractivity (Wildman–Crippen MR) is 93.9 cm³/mol. The third-order valence-corrected chi connectivity index (χ3v) is 4.17. The van der Waals surface area contributed by atoms with Crippen LogP contribution in [0.3, 0.4) is 0 Å². The fraction of sp³-hybridized carbons (Fsp3) is 0.632. The largest absolute Gasteiger partial charge is 0.481 e. The molecule has 22 heavy (non-hydrogen) atoms. The zero-order chi connectivity index (χ0) is 16.4. The molecule has 0 aromatic heterocycles. The van der Waals surface area contributed by atoms with E-state index in [0.29, 0.717) is 0 Å². The molecule has 0 heterocycles. The first kappa shape index (κ1) is 19.0. The molecule has 1 atom stereocenters. The Kier molecular flexibility index (Phi) is 9.22. The van der Waals surface area contributed by atoms with Gasteiger partial charge in [0.15, 0.2) is 6.10 Å². The van der Waals surface area contributed by atoms with Crippen LogP contribution in [0, 0.1) is 0 Å². The van der Waals surface area contributed by atoms with Crippen molar-refractivity contribution in [2.75, 3.05) is 0 Å². The molecule has 124 valence electrons. The Morgan fingerprint density at radius 1 is 1.09 bits per heavy atom. The first-order valence-electron chi connectivity index (χ1n) is 8.56. The SMILES string of the molecule is CCCCCc1ccc(OC(C)C(=O)Cl)c(CCCCC)c1. The number of unbranched alkanes of at least 4 members (excludes halogenated alkanes) is 4. The molecule has 0 spiro atoms. The standard InChI is InChI=1S/C19H29ClO2/c1-4-6-8-10-16-12-13-18(22-15(3)19(20)21)17(14-16)11-9-7-5-2/h12-15H,4-11H2,1-3H3. The summed E-state index contributed by atoms with van der Waals surface area (Å²) in [6.45, 7) is 6.12. The van der Waals surface area contributed by atoms with Gasteiger partial charge in [0.05, 0.1) is 0 Å². The van der Waals surface area contributed by atoms with Crippen molar-refractivity contribution in [1.82, 2.24) is 0 Å². The Morgan fingerprint density at radius 2 is 1.73 bits per heavy atom. The van der Waals surface area contributed by atoms with Crippen molar-refractivity contribution in [2.45, 2.75) is 78.2 Å². The molecule has 0 N–H and O–H groups in total. The Balaban J connectivity index is 2.81. The molecule has 0 radical (unpaired) electrons. The summed E-state index contributed by atoms with van der Waals surface area (Å²) < 4.78 is 5.74. The molecule has 3 heteroatoms. The average molecular weight is 325 g/mol. The van der Waals surface area contributed by atoms with Crippen LogP contribution in [0.1, 0.15) is 70.4 Å². The quantitative estimate of drug-likeness (QED) is 0.386. The van der Waals surface area contributed by atoms with E-state index in [2.05, 4.69) is 26.0 Å². The van der Waals surface area contributed by atoms with Crippen molar-refractivity contribution in [2.24, 2.45) is 0 Å². The van der Waals surface area contributed by atoms with E-state index < -0.39 is 11.3 Å². The number of benzene rings is 1. The van der Waals surface area contributed by atoms with E-state index in [4.69, 9.17) is 16.3 Å². The van der Waals surface area contributed by atoms with Gasteiger partial charge >= 0.3 is 0 Å². The second kappa shape index (κ2) is 10.7. The first-order valence-corrected chi connectivity index (χ1v) is 8.94. The third kappa shape index (κ3) is 6.83. The number of carbonyl (C=O) groups excluding carboxylic acids is 1. The molecule has 0 bridgehead atoms. The second-order valence-electron chi connectivity index (χ2n) is 5.92. The van der Waals surface area contributed by atoms with Crippen molar-refractivity contribution >= 4 is 16.8 Å². The van der Waals surface area contributed by atoms with Gasteiger partial charge in [-0.3, -0.25) is 4.79 Å². The normalized spacial score (nSPS) is 12.2. The molecule has 0 fully saturated rings. The molecule has 1 rings (SSSR count). The van der Waals surface area contributed by atoms with E-state index in [1.165, 1.54) is 43.2 Å². The molecule has 0 amide bonds. The zero-order valence-corrected chi connectivity index (χ0v) is 14.9. The number of halogens is 1. The van der Waals surface area contributed by atoms with Gasteiger partial charge in [-0.25, -0.2) is 0 Å². The molecular formula is C19H29ClO2. The smallest absolute Gasteiger partial charge is 0.262 e. The Hall–Kier alpha value is -1.02. The Labute approximate surface area is 140 Å². The average Bonchev–Trinajstić information content (AvgIpc) is 2.49. The second-order valence-corrected chi connectivity index (χ2v) is 6.29. The van der Waals surface area contributed by atoms with E-state index in [1.54, 1.807) is 6.92 Å². The van der Waals surface area contributed by atoms with Gasteiger partial charge in [-0.1, -0.05) is 51.7 Å². The summed E-state index contributed by atoms with van der Waals surface area (Å²) in [6, 6.07) is 6.35. The first-order chi connectivity index (χ1) is 10.6. The van der Waals surface area contributed by atoms with Gasteiger partial charge in [0.2, 0.25) is 0 Å². The van der Waals surface area contributed by atoms with Crippen LogP contribution in [0.5, 0.6) is 5.75 Å². The summed E-state index contributed by atoms with van der Waals surface area (Å²) in [4.78, 5) is 11.2. The lowest BCUT2D eigenvalue weighted by molar-refractivity contribution is -0.117. The summed E-state index contributed by atoms with van der Waals surface area (Å²) in [5, 5.41) is -0.452. The molecule has 2 nitrogen and oxygen atoms in total. The molecule has 0 aliphatic carbocycles. The van der Waals surface area contributed by atoms with Crippen molar-refractivity contribution < 1.29 is 9.53 Å². The minimum Gasteiger partial charge on any atom is -0.481 e. The molecule has 0 saturated heterocycles. The molecule has 1 aromatic carbocycles. The molecule has 0 aliphatic rings. The summed E-state index contributed by atoms with van der Waals surface area (Å²) in [5.74, 6) is 0.803. The maximum atomic E-state index is 11.2. The number of ether oxygens (including phenoxy) is 1. The van der Waals surface area contributed by atoms with Crippen molar-refractivity contribution in [3.05, 3.63) is 29.3 Å². The van der Waals surface area contributed by atoms with Crippen molar-refractivity contribution in [3.63, 3.8) is 0 Å².